The van der Waals surface area contributed by atoms with Gasteiger partial charge in [-0.3, -0.25) is 5.32 Å². The van der Waals surface area contributed by atoms with Gasteiger partial charge >= 0.3 is 30.1 Å². The second kappa shape index (κ2) is 12.4. The second-order valence-corrected chi connectivity index (χ2v) is 5.67. The summed E-state index contributed by atoms with van der Waals surface area (Å²) in [6, 6.07) is -0.162. The van der Waals surface area contributed by atoms with Gasteiger partial charge in [-0.15, -0.1) is 6.58 Å². The lowest BCUT2D eigenvalue weighted by Gasteiger charge is -2.23. The highest BCUT2D eigenvalue weighted by Gasteiger charge is 2.43. The molecule has 0 spiro atoms. The topological polar surface area (TPSA) is 128 Å². The summed E-state index contributed by atoms with van der Waals surface area (Å²) in [6.45, 7) is 3.63. The monoisotopic (exact) mass is 437 g/mol. The van der Waals surface area contributed by atoms with E-state index in [0.29, 0.717) is 12.8 Å². The summed E-state index contributed by atoms with van der Waals surface area (Å²) in [5.41, 5.74) is -1.01. The van der Waals surface area contributed by atoms with Crippen molar-refractivity contribution in [3.05, 3.63) is 37.0 Å². The van der Waals surface area contributed by atoms with Gasteiger partial charge in [0.05, 0.1) is 14.2 Å². The van der Waals surface area contributed by atoms with Gasteiger partial charge < -0.3 is 19.3 Å². The van der Waals surface area contributed by atoms with E-state index in [0.717, 1.165) is 0 Å². The van der Waals surface area contributed by atoms with Crippen molar-refractivity contribution in [3.8, 4) is 0 Å². The van der Waals surface area contributed by atoms with E-state index >= 15 is 0 Å². The fourth-order valence-corrected chi connectivity index (χ4v) is 2.14. The van der Waals surface area contributed by atoms with Crippen molar-refractivity contribution in [1.82, 2.24) is 5.32 Å². The lowest BCUT2D eigenvalue weighted by molar-refractivity contribution is -0.192. The average molecular weight is 437 g/mol. The molecule has 1 fully saturated rings. The molecule has 0 radical (unpaired) electrons. The van der Waals surface area contributed by atoms with Crippen molar-refractivity contribution in [1.29, 1.82) is 0 Å². The number of hydrogen-bond acceptors (Lipinski definition) is 8. The first-order chi connectivity index (χ1) is 13.9. The number of carboxylic acid groups (broad SMARTS) is 1. The highest BCUT2D eigenvalue weighted by atomic mass is 19.4. The van der Waals surface area contributed by atoms with Crippen LogP contribution in [-0.4, -0.2) is 67.6 Å². The SMILES string of the molecule is C=C[C@]1(C(=O)OC/C=C/C(=O)OC)CC[C@H](/C=C/C(=O)OC)N1.O=C(O)C(F)(F)F. The van der Waals surface area contributed by atoms with Crippen molar-refractivity contribution in [2.24, 2.45) is 0 Å². The van der Waals surface area contributed by atoms with Crippen LogP contribution >= 0.6 is 0 Å². The lowest BCUT2D eigenvalue weighted by atomic mass is 9.98. The Hall–Kier alpha value is -3.15. The average Bonchev–Trinajstić information content (AvgIpc) is 3.13. The maximum absolute atomic E-state index is 12.2. The summed E-state index contributed by atoms with van der Waals surface area (Å²) >= 11 is 0. The number of carbonyl (C=O) groups is 4. The third kappa shape index (κ3) is 9.37. The van der Waals surface area contributed by atoms with Crippen LogP contribution in [0.4, 0.5) is 13.2 Å². The van der Waals surface area contributed by atoms with Gasteiger partial charge in [0.2, 0.25) is 0 Å². The van der Waals surface area contributed by atoms with Crippen LogP contribution in [0.2, 0.25) is 0 Å². The molecule has 2 N–H and O–H groups in total. The fraction of sp³-hybridized carbons (Fsp3) is 0.444. The Labute approximate surface area is 170 Å². The molecule has 1 heterocycles. The van der Waals surface area contributed by atoms with Crippen molar-refractivity contribution in [3.63, 3.8) is 0 Å². The van der Waals surface area contributed by atoms with Crippen LogP contribution in [-0.2, 0) is 33.4 Å². The van der Waals surface area contributed by atoms with Crippen LogP contribution in [0.1, 0.15) is 12.8 Å². The van der Waals surface area contributed by atoms with Crippen LogP contribution in [0.15, 0.2) is 37.0 Å². The van der Waals surface area contributed by atoms with Crippen molar-refractivity contribution < 1.29 is 51.7 Å². The molecule has 0 aromatic carbocycles. The minimum atomic E-state index is -5.08. The summed E-state index contributed by atoms with van der Waals surface area (Å²) in [6.07, 6.45) is 3.06. The Kier molecular flexibility index (Phi) is 11.1. The Morgan fingerprint density at radius 3 is 2.17 bits per heavy atom. The molecule has 0 bridgehead atoms. The van der Waals surface area contributed by atoms with Crippen molar-refractivity contribution >= 4 is 23.9 Å². The zero-order chi connectivity index (χ0) is 23.4. The second-order valence-electron chi connectivity index (χ2n) is 5.67. The molecule has 1 aliphatic rings. The lowest BCUT2D eigenvalue weighted by Crippen LogP contribution is -2.48. The summed E-state index contributed by atoms with van der Waals surface area (Å²) in [4.78, 5) is 43.1. The zero-order valence-corrected chi connectivity index (χ0v) is 16.2. The molecule has 12 heteroatoms. The van der Waals surface area contributed by atoms with E-state index in [1.165, 1.54) is 38.5 Å². The van der Waals surface area contributed by atoms with E-state index in [2.05, 4.69) is 21.4 Å². The third-order valence-electron chi connectivity index (χ3n) is 3.68. The number of alkyl halides is 3. The molecule has 0 unspecified atom stereocenters. The maximum Gasteiger partial charge on any atom is 0.490 e. The molecule has 9 nitrogen and oxygen atoms in total. The highest BCUT2D eigenvalue weighted by molar-refractivity contribution is 5.85. The number of methoxy groups -OCH3 is 2. The number of carbonyl (C=O) groups excluding carboxylic acids is 3. The first-order valence-corrected chi connectivity index (χ1v) is 8.31. The summed E-state index contributed by atoms with van der Waals surface area (Å²) < 4.78 is 45.8. The summed E-state index contributed by atoms with van der Waals surface area (Å²) in [5, 5.41) is 10.2. The zero-order valence-electron chi connectivity index (χ0n) is 16.2. The largest absolute Gasteiger partial charge is 0.490 e. The molecule has 30 heavy (non-hydrogen) atoms. The van der Waals surface area contributed by atoms with E-state index < -0.39 is 35.6 Å². The molecule has 168 valence electrons. The Bertz CT molecular complexity index is 702. The molecule has 0 aromatic rings. The third-order valence-corrected chi connectivity index (χ3v) is 3.68. The van der Waals surface area contributed by atoms with Gasteiger partial charge in [-0.2, -0.15) is 13.2 Å². The van der Waals surface area contributed by atoms with E-state index in [1.54, 1.807) is 6.08 Å². The summed E-state index contributed by atoms with van der Waals surface area (Å²) in [7, 11) is 2.55. The minimum Gasteiger partial charge on any atom is -0.475 e. The normalized spacial score (nSPS) is 20.9. The number of hydrogen-bond donors (Lipinski definition) is 2. The number of nitrogens with one attached hydrogen (secondary N) is 1. The van der Waals surface area contributed by atoms with Gasteiger partial charge in [0, 0.05) is 18.2 Å². The van der Waals surface area contributed by atoms with E-state index in [-0.39, 0.29) is 12.6 Å². The molecule has 0 aromatic heterocycles. The van der Waals surface area contributed by atoms with Gasteiger partial charge in [0.15, 0.2) is 0 Å². The Morgan fingerprint density at radius 2 is 1.70 bits per heavy atom. The standard InChI is InChI=1S/C16H21NO6.C2HF3O2/c1-4-16(15(20)23-11-5-6-13(18)21-2)10-9-12(17-16)7-8-14(19)22-3;3-2(4,5)1(6)7/h4-8,12,17H,1,9-11H2,2-3H3;(H,6,7)/b6-5+,8-7+;/t12-,16+;/m0./s1. The van der Waals surface area contributed by atoms with Crippen LogP contribution in [0.25, 0.3) is 0 Å². The first-order valence-electron chi connectivity index (χ1n) is 8.31. The first kappa shape index (κ1) is 26.9. The van der Waals surface area contributed by atoms with Gasteiger partial charge in [-0.25, -0.2) is 19.2 Å². The fourth-order valence-electron chi connectivity index (χ4n) is 2.14. The molecule has 1 rings (SSSR count). The highest BCUT2D eigenvalue weighted by Crippen LogP contribution is 2.26. The van der Waals surface area contributed by atoms with Gasteiger partial charge in [0.1, 0.15) is 12.1 Å². The molecule has 1 saturated heterocycles. The van der Waals surface area contributed by atoms with Crippen molar-refractivity contribution in [2.45, 2.75) is 30.6 Å². The van der Waals surface area contributed by atoms with Crippen LogP contribution < -0.4 is 5.32 Å². The van der Waals surface area contributed by atoms with Gasteiger partial charge in [-0.1, -0.05) is 12.2 Å². The number of esters is 3. The van der Waals surface area contributed by atoms with E-state index in [4.69, 9.17) is 14.6 Å². The van der Waals surface area contributed by atoms with Crippen LogP contribution in [0.5, 0.6) is 0 Å². The maximum atomic E-state index is 12.2. The predicted molar refractivity (Wildman–Crippen MR) is 96.0 cm³/mol. The molecule has 2 atom stereocenters. The van der Waals surface area contributed by atoms with Gasteiger partial charge in [0.25, 0.3) is 0 Å². The molecule has 0 saturated carbocycles. The molecular weight excluding hydrogens is 415 g/mol. The molecule has 1 aliphatic heterocycles. The number of carboxylic acids is 1. The number of aliphatic carboxylic acids is 1. The quantitative estimate of drug-likeness (QED) is 0.262. The molecular formula is C18H22F3NO8. The minimum absolute atomic E-state index is 0.0477. The van der Waals surface area contributed by atoms with Crippen LogP contribution in [0.3, 0.4) is 0 Å². The van der Waals surface area contributed by atoms with Crippen molar-refractivity contribution in [2.75, 3.05) is 20.8 Å². The predicted octanol–water partition coefficient (Wildman–Crippen LogP) is 1.30. The van der Waals surface area contributed by atoms with E-state index in [9.17, 15) is 27.6 Å². The number of halogens is 3. The Balaban J connectivity index is 0.00000103. The number of ether oxygens (including phenoxy) is 3. The van der Waals surface area contributed by atoms with Gasteiger partial charge in [-0.05, 0) is 18.9 Å². The van der Waals surface area contributed by atoms with Crippen LogP contribution in [0, 0.1) is 0 Å². The summed E-state index contributed by atoms with van der Waals surface area (Å²) in [5.74, 6) is -4.23. The Morgan fingerprint density at radius 1 is 1.17 bits per heavy atom. The number of rotatable bonds is 7. The molecule has 0 amide bonds. The molecule has 0 aliphatic carbocycles. The smallest absolute Gasteiger partial charge is 0.475 e. The van der Waals surface area contributed by atoms with E-state index in [1.807, 2.05) is 0 Å².